The van der Waals surface area contributed by atoms with Gasteiger partial charge in [0.25, 0.3) is 0 Å². The van der Waals surface area contributed by atoms with Crippen LogP contribution in [0.2, 0.25) is 0 Å². The third-order valence-electron chi connectivity index (χ3n) is 2.46. The van der Waals surface area contributed by atoms with Crippen LogP contribution in [0.3, 0.4) is 0 Å². The summed E-state index contributed by atoms with van der Waals surface area (Å²) in [5.74, 6) is -0.00607. The Morgan fingerprint density at radius 2 is 1.80 bits per heavy atom. The summed E-state index contributed by atoms with van der Waals surface area (Å²) in [5.41, 5.74) is -0.243. The minimum absolute atomic E-state index is 0.00607. The zero-order valence-corrected chi connectivity index (χ0v) is 9.89. The predicted octanol–water partition coefficient (Wildman–Crippen LogP) is 1.45. The standard InChI is InChI=1S/C11H20N2O2/c1-7(14)9(11(2,3)4)13-10(15)12-8-5-6-8/h8-9H,5-6H2,1-4H3,(H2,12,13,15). The molecule has 0 saturated heterocycles. The van der Waals surface area contributed by atoms with Crippen LogP contribution in [-0.2, 0) is 4.79 Å². The Bertz CT molecular complexity index is 264. The van der Waals surface area contributed by atoms with Gasteiger partial charge in [0.1, 0.15) is 0 Å². The van der Waals surface area contributed by atoms with Crippen molar-refractivity contribution in [3.05, 3.63) is 0 Å². The normalized spacial score (nSPS) is 18.1. The molecule has 0 spiro atoms. The number of carbonyl (C=O) groups is 2. The van der Waals surface area contributed by atoms with Gasteiger partial charge in [-0.15, -0.1) is 0 Å². The molecule has 0 aliphatic heterocycles. The molecule has 2 N–H and O–H groups in total. The van der Waals surface area contributed by atoms with Crippen molar-refractivity contribution in [2.75, 3.05) is 0 Å². The third-order valence-corrected chi connectivity index (χ3v) is 2.46. The van der Waals surface area contributed by atoms with E-state index < -0.39 is 6.04 Å². The fourth-order valence-corrected chi connectivity index (χ4v) is 1.51. The van der Waals surface area contributed by atoms with Gasteiger partial charge in [-0.05, 0) is 25.2 Å². The van der Waals surface area contributed by atoms with Crippen LogP contribution >= 0.6 is 0 Å². The first-order valence-electron chi connectivity index (χ1n) is 5.38. The fraction of sp³-hybridized carbons (Fsp3) is 0.818. The molecule has 4 heteroatoms. The zero-order valence-electron chi connectivity index (χ0n) is 9.89. The number of rotatable bonds is 3. The molecular formula is C11H20N2O2. The van der Waals surface area contributed by atoms with Crippen molar-refractivity contribution < 1.29 is 9.59 Å². The molecule has 1 rings (SSSR count). The van der Waals surface area contributed by atoms with E-state index in [0.717, 1.165) is 12.8 Å². The monoisotopic (exact) mass is 212 g/mol. The number of nitrogens with one attached hydrogen (secondary N) is 2. The Kier molecular flexibility index (Phi) is 3.37. The van der Waals surface area contributed by atoms with Crippen molar-refractivity contribution in [1.82, 2.24) is 10.6 Å². The Morgan fingerprint density at radius 3 is 2.13 bits per heavy atom. The fourth-order valence-electron chi connectivity index (χ4n) is 1.51. The van der Waals surface area contributed by atoms with Crippen LogP contribution in [0.5, 0.6) is 0 Å². The SMILES string of the molecule is CC(=O)C(NC(=O)NC1CC1)C(C)(C)C. The van der Waals surface area contributed by atoms with Gasteiger partial charge in [-0.3, -0.25) is 4.79 Å². The van der Waals surface area contributed by atoms with Gasteiger partial charge in [0, 0.05) is 6.04 Å². The first-order chi connectivity index (χ1) is 6.80. The quantitative estimate of drug-likeness (QED) is 0.744. The first kappa shape index (κ1) is 12.0. The molecule has 0 aromatic heterocycles. The summed E-state index contributed by atoms with van der Waals surface area (Å²) in [4.78, 5) is 22.9. The lowest BCUT2D eigenvalue weighted by atomic mass is 9.84. The van der Waals surface area contributed by atoms with E-state index in [1.165, 1.54) is 6.92 Å². The summed E-state index contributed by atoms with van der Waals surface area (Å²) in [6.45, 7) is 7.33. The second-order valence-electron chi connectivity index (χ2n) is 5.30. The lowest BCUT2D eigenvalue weighted by Gasteiger charge is -2.29. The van der Waals surface area contributed by atoms with E-state index in [0.29, 0.717) is 6.04 Å². The summed E-state index contributed by atoms with van der Waals surface area (Å²) in [6, 6.07) is -0.332. The summed E-state index contributed by atoms with van der Waals surface area (Å²) in [6.07, 6.45) is 2.10. The molecule has 15 heavy (non-hydrogen) atoms. The summed E-state index contributed by atoms with van der Waals surface area (Å²) in [7, 11) is 0. The number of hydrogen-bond acceptors (Lipinski definition) is 2. The molecule has 1 unspecified atom stereocenters. The molecule has 0 aromatic rings. The van der Waals surface area contributed by atoms with Crippen LogP contribution in [0.4, 0.5) is 4.79 Å². The van der Waals surface area contributed by atoms with Gasteiger partial charge in [0.15, 0.2) is 5.78 Å². The minimum atomic E-state index is -0.420. The van der Waals surface area contributed by atoms with Gasteiger partial charge >= 0.3 is 6.03 Å². The van der Waals surface area contributed by atoms with E-state index >= 15 is 0 Å². The Hall–Kier alpha value is -1.06. The molecule has 1 atom stereocenters. The Balaban J connectivity index is 2.49. The second kappa shape index (κ2) is 4.21. The topological polar surface area (TPSA) is 58.2 Å². The Morgan fingerprint density at radius 1 is 1.27 bits per heavy atom. The molecule has 0 aromatic carbocycles. The molecule has 1 aliphatic rings. The number of urea groups is 1. The molecule has 0 bridgehead atoms. The number of hydrogen-bond donors (Lipinski definition) is 2. The van der Waals surface area contributed by atoms with E-state index in [-0.39, 0.29) is 17.2 Å². The van der Waals surface area contributed by atoms with Gasteiger partial charge in [0.05, 0.1) is 6.04 Å². The Labute approximate surface area is 90.8 Å². The molecule has 4 nitrogen and oxygen atoms in total. The van der Waals surface area contributed by atoms with Crippen LogP contribution < -0.4 is 10.6 Å². The van der Waals surface area contributed by atoms with Crippen molar-refractivity contribution in [2.45, 2.75) is 52.6 Å². The molecule has 1 aliphatic carbocycles. The molecule has 0 radical (unpaired) electrons. The van der Waals surface area contributed by atoms with Crippen molar-refractivity contribution in [2.24, 2.45) is 5.41 Å². The van der Waals surface area contributed by atoms with Crippen LogP contribution in [0.25, 0.3) is 0 Å². The average molecular weight is 212 g/mol. The molecule has 86 valence electrons. The maximum Gasteiger partial charge on any atom is 0.315 e. The maximum atomic E-state index is 11.5. The molecule has 1 saturated carbocycles. The van der Waals surface area contributed by atoms with Crippen LogP contribution in [0.1, 0.15) is 40.5 Å². The van der Waals surface area contributed by atoms with Crippen molar-refractivity contribution in [3.8, 4) is 0 Å². The number of carbonyl (C=O) groups excluding carboxylic acids is 2. The van der Waals surface area contributed by atoms with Gasteiger partial charge in [-0.2, -0.15) is 0 Å². The molecular weight excluding hydrogens is 192 g/mol. The largest absolute Gasteiger partial charge is 0.335 e. The third kappa shape index (κ3) is 3.90. The minimum Gasteiger partial charge on any atom is -0.335 e. The van der Waals surface area contributed by atoms with E-state index in [1.807, 2.05) is 20.8 Å². The van der Waals surface area contributed by atoms with E-state index in [2.05, 4.69) is 10.6 Å². The lowest BCUT2D eigenvalue weighted by molar-refractivity contribution is -0.121. The van der Waals surface area contributed by atoms with E-state index in [4.69, 9.17) is 0 Å². The second-order valence-corrected chi connectivity index (χ2v) is 5.30. The maximum absolute atomic E-state index is 11.5. The number of Topliss-reactive ketones (excluding diaryl/α,β-unsaturated/α-hetero) is 1. The molecule has 2 amide bonds. The van der Waals surface area contributed by atoms with E-state index in [9.17, 15) is 9.59 Å². The lowest BCUT2D eigenvalue weighted by Crippen LogP contribution is -2.51. The smallest absolute Gasteiger partial charge is 0.315 e. The highest BCUT2D eigenvalue weighted by atomic mass is 16.2. The van der Waals surface area contributed by atoms with Gasteiger partial charge in [-0.25, -0.2) is 4.79 Å². The molecule has 0 heterocycles. The summed E-state index contributed by atoms with van der Waals surface area (Å²) >= 11 is 0. The summed E-state index contributed by atoms with van der Waals surface area (Å²) < 4.78 is 0. The van der Waals surface area contributed by atoms with Crippen LogP contribution in [0.15, 0.2) is 0 Å². The average Bonchev–Trinajstić information content (AvgIpc) is 2.81. The van der Waals surface area contributed by atoms with E-state index in [1.54, 1.807) is 0 Å². The van der Waals surface area contributed by atoms with Gasteiger partial charge < -0.3 is 10.6 Å². The van der Waals surface area contributed by atoms with Gasteiger partial charge in [0.2, 0.25) is 0 Å². The summed E-state index contributed by atoms with van der Waals surface area (Å²) in [5, 5.41) is 5.54. The highest BCUT2D eigenvalue weighted by molar-refractivity contribution is 5.87. The zero-order chi connectivity index (χ0) is 11.6. The van der Waals surface area contributed by atoms with Gasteiger partial charge in [-0.1, -0.05) is 20.8 Å². The first-order valence-corrected chi connectivity index (χ1v) is 5.38. The highest BCUT2D eigenvalue weighted by Gasteiger charge is 2.31. The van der Waals surface area contributed by atoms with Crippen molar-refractivity contribution in [1.29, 1.82) is 0 Å². The van der Waals surface area contributed by atoms with Crippen molar-refractivity contribution in [3.63, 3.8) is 0 Å². The highest BCUT2D eigenvalue weighted by Crippen LogP contribution is 2.21. The van der Waals surface area contributed by atoms with Crippen molar-refractivity contribution >= 4 is 11.8 Å². The number of amides is 2. The number of ketones is 1. The predicted molar refractivity (Wildman–Crippen MR) is 58.6 cm³/mol. The van der Waals surface area contributed by atoms with Crippen LogP contribution in [-0.4, -0.2) is 23.9 Å². The molecule has 1 fully saturated rings. The van der Waals surface area contributed by atoms with Crippen LogP contribution in [0, 0.1) is 5.41 Å².